The summed E-state index contributed by atoms with van der Waals surface area (Å²) in [7, 11) is 0. The van der Waals surface area contributed by atoms with Crippen LogP contribution in [-0.4, -0.2) is 37.0 Å². The monoisotopic (exact) mass is 416 g/mol. The molecule has 0 bridgehead atoms. The number of carbonyl (C=O) groups excluding carboxylic acids is 1. The van der Waals surface area contributed by atoms with Crippen LogP contribution >= 0.6 is 0 Å². The molecular formula is C24H20N2O5. The van der Waals surface area contributed by atoms with Crippen LogP contribution in [-0.2, 0) is 12.8 Å². The zero-order valence-corrected chi connectivity index (χ0v) is 16.8. The van der Waals surface area contributed by atoms with Crippen LogP contribution in [0.1, 0.15) is 45.2 Å². The summed E-state index contributed by atoms with van der Waals surface area (Å²) in [5, 5.41) is 30.5. The number of carbonyl (C=O) groups is 2. The zero-order valence-electron chi connectivity index (χ0n) is 16.8. The predicted molar refractivity (Wildman–Crippen MR) is 116 cm³/mol. The van der Waals surface area contributed by atoms with Crippen LogP contribution in [0.5, 0.6) is 11.5 Å². The van der Waals surface area contributed by atoms with Crippen molar-refractivity contribution in [3.05, 3.63) is 71.0 Å². The Kier molecular flexibility index (Phi) is 5.25. The van der Waals surface area contributed by atoms with Gasteiger partial charge in [-0.25, -0.2) is 4.79 Å². The predicted octanol–water partition coefficient (Wildman–Crippen LogP) is 4.27. The van der Waals surface area contributed by atoms with Gasteiger partial charge in [0, 0.05) is 29.6 Å². The maximum atomic E-state index is 11.5. The molecule has 1 aliphatic rings. The molecule has 156 valence electrons. The van der Waals surface area contributed by atoms with E-state index in [4.69, 9.17) is 5.11 Å². The van der Waals surface area contributed by atoms with Gasteiger partial charge in [0.15, 0.2) is 17.3 Å². The quantitative estimate of drug-likeness (QED) is 0.446. The number of phenols is 2. The number of benzene rings is 2. The SMILES string of the molecule is CCc1cc2cccnc2c(O)c1C(=O)O.O=C1CCc2cc3cccnc3c(O)c21. The summed E-state index contributed by atoms with van der Waals surface area (Å²) in [4.78, 5) is 30.7. The molecule has 2 aromatic carbocycles. The largest absolute Gasteiger partial charge is 0.505 e. The molecule has 0 amide bonds. The van der Waals surface area contributed by atoms with Gasteiger partial charge >= 0.3 is 5.97 Å². The molecule has 0 saturated heterocycles. The molecule has 0 unspecified atom stereocenters. The van der Waals surface area contributed by atoms with Gasteiger partial charge in [0.25, 0.3) is 0 Å². The highest BCUT2D eigenvalue weighted by atomic mass is 16.4. The number of aromatic carboxylic acids is 1. The molecule has 0 atom stereocenters. The number of rotatable bonds is 2. The van der Waals surface area contributed by atoms with E-state index in [9.17, 15) is 19.8 Å². The van der Waals surface area contributed by atoms with Crippen LogP contribution in [0.3, 0.4) is 0 Å². The van der Waals surface area contributed by atoms with Crippen molar-refractivity contribution in [3.8, 4) is 11.5 Å². The Morgan fingerprint density at radius 2 is 1.58 bits per heavy atom. The Morgan fingerprint density at radius 3 is 2.19 bits per heavy atom. The lowest BCUT2D eigenvalue weighted by Gasteiger charge is -2.08. The second-order valence-electron chi connectivity index (χ2n) is 7.25. The number of fused-ring (bicyclic) bond motifs is 3. The number of nitrogens with zero attached hydrogens (tertiary/aromatic N) is 2. The number of aromatic hydroxyl groups is 2. The molecule has 7 nitrogen and oxygen atoms in total. The fourth-order valence-corrected chi connectivity index (χ4v) is 3.92. The smallest absolute Gasteiger partial charge is 0.339 e. The number of pyridine rings is 2. The molecule has 1 aliphatic carbocycles. The van der Waals surface area contributed by atoms with E-state index in [2.05, 4.69) is 9.97 Å². The summed E-state index contributed by atoms with van der Waals surface area (Å²) >= 11 is 0. The Bertz CT molecular complexity index is 1350. The molecule has 0 aliphatic heterocycles. The van der Waals surface area contributed by atoms with Crippen molar-refractivity contribution in [1.29, 1.82) is 0 Å². The average molecular weight is 416 g/mol. The molecule has 7 heteroatoms. The van der Waals surface area contributed by atoms with Crippen molar-refractivity contribution >= 4 is 33.6 Å². The minimum Gasteiger partial charge on any atom is -0.505 e. The van der Waals surface area contributed by atoms with Crippen LogP contribution in [0, 0.1) is 0 Å². The van der Waals surface area contributed by atoms with Gasteiger partial charge in [-0.2, -0.15) is 0 Å². The van der Waals surface area contributed by atoms with Gasteiger partial charge in [0.1, 0.15) is 16.6 Å². The van der Waals surface area contributed by atoms with Crippen molar-refractivity contribution in [3.63, 3.8) is 0 Å². The van der Waals surface area contributed by atoms with Gasteiger partial charge in [-0.1, -0.05) is 19.1 Å². The Hall–Kier alpha value is -4.00. The van der Waals surface area contributed by atoms with E-state index in [1.165, 1.54) is 6.20 Å². The van der Waals surface area contributed by atoms with Crippen molar-refractivity contribution in [1.82, 2.24) is 9.97 Å². The molecule has 0 saturated carbocycles. The lowest BCUT2D eigenvalue weighted by atomic mass is 10.0. The second kappa shape index (κ2) is 8.02. The first-order valence-corrected chi connectivity index (χ1v) is 9.88. The van der Waals surface area contributed by atoms with Gasteiger partial charge in [0.2, 0.25) is 0 Å². The van der Waals surface area contributed by atoms with E-state index in [0.717, 1.165) is 22.8 Å². The molecule has 3 N–H and O–H groups in total. The van der Waals surface area contributed by atoms with Gasteiger partial charge in [-0.05, 0) is 48.2 Å². The van der Waals surface area contributed by atoms with Crippen LogP contribution in [0.25, 0.3) is 21.8 Å². The molecule has 2 heterocycles. The van der Waals surface area contributed by atoms with Crippen LogP contribution in [0.2, 0.25) is 0 Å². The van der Waals surface area contributed by atoms with Crippen LogP contribution < -0.4 is 0 Å². The maximum absolute atomic E-state index is 11.5. The van der Waals surface area contributed by atoms with E-state index in [0.29, 0.717) is 35.0 Å². The minimum absolute atomic E-state index is 0.0232. The highest BCUT2D eigenvalue weighted by Gasteiger charge is 2.25. The molecule has 0 radical (unpaired) electrons. The number of ketones is 1. The molecule has 5 rings (SSSR count). The minimum atomic E-state index is -1.12. The number of carboxylic acids is 1. The molecule has 31 heavy (non-hydrogen) atoms. The summed E-state index contributed by atoms with van der Waals surface area (Å²) in [6.07, 6.45) is 4.93. The van der Waals surface area contributed by atoms with Crippen molar-refractivity contribution in [2.75, 3.05) is 0 Å². The highest BCUT2D eigenvalue weighted by Crippen LogP contribution is 2.35. The molecule has 0 fully saturated rings. The first-order chi connectivity index (χ1) is 14.9. The third-order valence-corrected chi connectivity index (χ3v) is 5.40. The second-order valence-corrected chi connectivity index (χ2v) is 7.25. The highest BCUT2D eigenvalue weighted by molar-refractivity contribution is 6.07. The Labute approximate surface area is 177 Å². The number of aromatic nitrogens is 2. The Balaban J connectivity index is 0.000000149. The van der Waals surface area contributed by atoms with E-state index < -0.39 is 5.97 Å². The standard InChI is InChI=1S/C12H11NO3.C12H9NO2/c1-2-7-6-8-4-3-5-13-10(8)11(14)9(7)12(15)16;14-9-4-3-7-6-8-2-1-5-13-11(8)12(15)10(7)9/h3-6,14H,2H2,1H3,(H,15,16);1-2,5-6,15H,3-4H2. The molecule has 2 aromatic heterocycles. The van der Waals surface area contributed by atoms with Crippen LogP contribution in [0.15, 0.2) is 48.8 Å². The summed E-state index contributed by atoms with van der Waals surface area (Å²) < 4.78 is 0. The number of carboxylic acid groups (broad SMARTS) is 1. The van der Waals surface area contributed by atoms with Gasteiger partial charge in [-0.15, -0.1) is 0 Å². The topological polar surface area (TPSA) is 121 Å². The number of phenolic OH excluding ortho intramolecular Hbond substituents is 1. The van der Waals surface area contributed by atoms with E-state index in [-0.39, 0.29) is 22.8 Å². The van der Waals surface area contributed by atoms with Crippen LogP contribution in [0.4, 0.5) is 0 Å². The van der Waals surface area contributed by atoms with E-state index in [1.807, 2.05) is 25.1 Å². The fourth-order valence-electron chi connectivity index (χ4n) is 3.92. The first kappa shape index (κ1) is 20.3. The number of aryl methyl sites for hydroxylation is 2. The van der Waals surface area contributed by atoms with Gasteiger partial charge in [0.05, 0.1) is 5.56 Å². The fraction of sp³-hybridized carbons (Fsp3) is 0.167. The number of hydrogen-bond donors (Lipinski definition) is 3. The summed E-state index contributed by atoms with van der Waals surface area (Å²) in [6, 6.07) is 11.0. The average Bonchev–Trinajstić information content (AvgIpc) is 3.14. The summed E-state index contributed by atoms with van der Waals surface area (Å²) in [5.41, 5.74) is 2.84. The molecular weight excluding hydrogens is 396 g/mol. The Morgan fingerprint density at radius 1 is 0.968 bits per heavy atom. The lowest BCUT2D eigenvalue weighted by molar-refractivity contribution is 0.0692. The number of Topliss-reactive ketones (excluding diaryl/α,β-unsaturated/α-hetero) is 1. The van der Waals surface area contributed by atoms with Crippen molar-refractivity contribution in [2.24, 2.45) is 0 Å². The zero-order chi connectivity index (χ0) is 22.1. The van der Waals surface area contributed by atoms with E-state index >= 15 is 0 Å². The van der Waals surface area contributed by atoms with Gasteiger partial charge < -0.3 is 15.3 Å². The van der Waals surface area contributed by atoms with Crippen molar-refractivity contribution in [2.45, 2.75) is 26.2 Å². The first-order valence-electron chi connectivity index (χ1n) is 9.88. The molecule has 4 aromatic rings. The maximum Gasteiger partial charge on any atom is 0.339 e. The van der Waals surface area contributed by atoms with Gasteiger partial charge in [-0.3, -0.25) is 14.8 Å². The summed E-state index contributed by atoms with van der Waals surface area (Å²) in [6.45, 7) is 1.85. The molecule has 0 spiro atoms. The third kappa shape index (κ3) is 3.54. The number of hydrogen-bond acceptors (Lipinski definition) is 6. The van der Waals surface area contributed by atoms with Crippen molar-refractivity contribution < 1.29 is 24.9 Å². The van der Waals surface area contributed by atoms with E-state index in [1.54, 1.807) is 24.4 Å². The normalized spacial score (nSPS) is 12.5. The summed E-state index contributed by atoms with van der Waals surface area (Å²) in [5.74, 6) is -1.30. The third-order valence-electron chi connectivity index (χ3n) is 5.40. The lowest BCUT2D eigenvalue weighted by Crippen LogP contribution is -2.03.